The number of rotatable bonds is 1. The van der Waals surface area contributed by atoms with Crippen LogP contribution < -0.4 is 10.2 Å². The Labute approximate surface area is 128 Å². The molecule has 0 spiro atoms. The molecule has 0 amide bonds. The second-order valence-corrected chi connectivity index (χ2v) is 7.76. The van der Waals surface area contributed by atoms with Crippen LogP contribution >= 0.6 is 0 Å². The van der Waals surface area contributed by atoms with Crippen molar-refractivity contribution in [1.82, 2.24) is 4.57 Å². The van der Waals surface area contributed by atoms with Crippen molar-refractivity contribution in [1.29, 1.82) is 0 Å². The third kappa shape index (κ3) is 1.66. The molecule has 22 heavy (non-hydrogen) atoms. The minimum absolute atomic E-state index is 0.773. The molecule has 2 heterocycles. The number of aromatic nitrogens is 1. The summed E-state index contributed by atoms with van der Waals surface area (Å²) in [4.78, 5) is 0. The summed E-state index contributed by atoms with van der Waals surface area (Å²) in [6.07, 6.45) is 1.70. The highest BCUT2D eigenvalue weighted by molar-refractivity contribution is 7.93. The van der Waals surface area contributed by atoms with Crippen LogP contribution in [0.2, 0.25) is 0 Å². The lowest BCUT2D eigenvalue weighted by Gasteiger charge is -2.03. The first-order chi connectivity index (χ1) is 10.5. The number of hydrogen-bond donors (Lipinski definition) is 0. The van der Waals surface area contributed by atoms with Crippen molar-refractivity contribution < 1.29 is 8.95 Å². The minimum atomic E-state index is -2.42. The zero-order chi connectivity index (χ0) is 15.5. The van der Waals surface area contributed by atoms with Crippen molar-refractivity contribution in [3.63, 3.8) is 0 Å². The third-order valence-electron chi connectivity index (χ3n) is 4.20. The number of aryl methyl sites for hydroxylation is 1. The molecule has 0 N–H and O–H groups in total. The van der Waals surface area contributed by atoms with Gasteiger partial charge in [0.25, 0.3) is 0 Å². The van der Waals surface area contributed by atoms with Crippen molar-refractivity contribution in [2.24, 2.45) is 11.4 Å². The second-order valence-electron chi connectivity index (χ2n) is 5.53. The number of methoxy groups -OCH3 is 1. The fourth-order valence-electron chi connectivity index (χ4n) is 3.13. The van der Waals surface area contributed by atoms with Gasteiger partial charge >= 0.3 is 0 Å². The van der Waals surface area contributed by atoms with E-state index in [2.05, 4.69) is 4.40 Å². The van der Waals surface area contributed by atoms with Crippen LogP contribution in [0.5, 0.6) is 5.75 Å². The Morgan fingerprint density at radius 3 is 2.73 bits per heavy atom. The maximum atomic E-state index is 12.9. The Bertz CT molecular complexity index is 1230. The smallest absolute Gasteiger partial charge is 0.151 e. The van der Waals surface area contributed by atoms with Gasteiger partial charge in [0.1, 0.15) is 5.75 Å². The predicted molar refractivity (Wildman–Crippen MR) is 87.6 cm³/mol. The first-order valence-corrected chi connectivity index (χ1v) is 8.93. The Morgan fingerprint density at radius 2 is 1.95 bits per heavy atom. The molecule has 1 atom stereocenters. The molecule has 0 bridgehead atoms. The van der Waals surface area contributed by atoms with Crippen molar-refractivity contribution in [2.75, 3.05) is 13.4 Å². The summed E-state index contributed by atoms with van der Waals surface area (Å²) in [7, 11) is 1.20. The Morgan fingerprint density at radius 1 is 1.18 bits per heavy atom. The molecule has 4 nitrogen and oxygen atoms in total. The molecule has 1 aromatic heterocycles. The van der Waals surface area contributed by atoms with Gasteiger partial charge in [-0.2, -0.15) is 4.40 Å². The lowest BCUT2D eigenvalue weighted by Crippen LogP contribution is -2.19. The fourth-order valence-corrected chi connectivity index (χ4v) is 4.68. The standard InChI is InChI=1S/C17H16N2O2S/c1-19-14-9-8-11(21-2)10-13(14)16-12-6-4-5-7-15(12)22(3,20)18-17(16)19/h4-10H,1-3H3. The van der Waals surface area contributed by atoms with Crippen LogP contribution in [0.3, 0.4) is 0 Å². The topological polar surface area (TPSA) is 43.6 Å². The SMILES string of the molecule is COc1ccc2c(c1)c1c(n2C)=NS(C)(=O)=c2ccccc2=1. The van der Waals surface area contributed by atoms with Crippen LogP contribution in [0.1, 0.15) is 0 Å². The van der Waals surface area contributed by atoms with Crippen molar-refractivity contribution in [3.05, 3.63) is 62.9 Å². The Balaban J connectivity index is 2.48. The third-order valence-corrected chi connectivity index (χ3v) is 5.89. The van der Waals surface area contributed by atoms with E-state index in [4.69, 9.17) is 4.74 Å². The molecular formula is C17H16N2O2S. The largest absolute Gasteiger partial charge is 0.497 e. The quantitative estimate of drug-likeness (QED) is 0.647. The molecule has 0 aliphatic carbocycles. The molecule has 5 heteroatoms. The molecular weight excluding hydrogens is 296 g/mol. The summed E-state index contributed by atoms with van der Waals surface area (Å²) >= 11 is 0. The molecule has 2 aromatic carbocycles. The van der Waals surface area contributed by atoms with Crippen LogP contribution in [0, 0.1) is 14.9 Å². The van der Waals surface area contributed by atoms with E-state index >= 15 is 0 Å². The molecule has 0 fully saturated rings. The molecule has 0 radical (unpaired) electrons. The first kappa shape index (κ1) is 13.4. The van der Waals surface area contributed by atoms with E-state index in [0.717, 1.165) is 37.1 Å². The van der Waals surface area contributed by atoms with Crippen LogP contribution in [0.15, 0.2) is 46.9 Å². The summed E-state index contributed by atoms with van der Waals surface area (Å²) in [5.41, 5.74) is 1.83. The molecule has 4 rings (SSSR count). The zero-order valence-corrected chi connectivity index (χ0v) is 13.5. The van der Waals surface area contributed by atoms with Gasteiger partial charge in [0.05, 0.1) is 26.8 Å². The maximum Gasteiger partial charge on any atom is 0.151 e. The highest BCUT2D eigenvalue weighted by atomic mass is 32.2. The summed E-state index contributed by atoms with van der Waals surface area (Å²) in [5.74, 6) is 0.807. The van der Waals surface area contributed by atoms with E-state index in [9.17, 15) is 4.21 Å². The van der Waals surface area contributed by atoms with E-state index in [1.807, 2.05) is 54.1 Å². The van der Waals surface area contributed by atoms with E-state index in [1.54, 1.807) is 13.4 Å². The Hall–Kier alpha value is -2.27. The molecule has 1 unspecified atom stereocenters. The average molecular weight is 312 g/mol. The average Bonchev–Trinajstić information content (AvgIpc) is 2.79. The van der Waals surface area contributed by atoms with Crippen molar-refractivity contribution >= 4 is 20.6 Å². The number of nitrogens with zero attached hydrogens (tertiary/aromatic N) is 2. The molecule has 112 valence electrons. The number of ether oxygens (including phenoxy) is 1. The summed E-state index contributed by atoms with van der Waals surface area (Å²) in [5, 5.41) is 3.11. The van der Waals surface area contributed by atoms with Gasteiger partial charge in [-0.25, -0.2) is 4.21 Å². The summed E-state index contributed by atoms with van der Waals surface area (Å²) in [6.45, 7) is 0. The Kier molecular flexibility index (Phi) is 2.66. The number of fused-ring (bicyclic) bond motifs is 4. The maximum absolute atomic E-state index is 12.9. The lowest BCUT2D eigenvalue weighted by molar-refractivity contribution is 0.415. The second kappa shape index (κ2) is 4.36. The number of benzene rings is 2. The molecule has 1 aliphatic rings. The van der Waals surface area contributed by atoms with Crippen LogP contribution in [0.4, 0.5) is 0 Å². The normalized spacial score (nSPS) is 19.4. The molecule has 3 aromatic rings. The summed E-state index contributed by atoms with van der Waals surface area (Å²) < 4.78 is 25.7. The zero-order valence-electron chi connectivity index (χ0n) is 12.7. The fraction of sp³-hybridized carbons (Fsp3) is 0.176. The summed E-state index contributed by atoms with van der Waals surface area (Å²) in [6, 6.07) is 13.8. The van der Waals surface area contributed by atoms with Gasteiger partial charge in [0.15, 0.2) is 5.49 Å². The predicted octanol–water partition coefficient (Wildman–Crippen LogP) is 2.19. The van der Waals surface area contributed by atoms with E-state index in [0.29, 0.717) is 0 Å². The lowest BCUT2D eigenvalue weighted by atomic mass is 10.1. The van der Waals surface area contributed by atoms with Gasteiger partial charge in [-0.05, 0) is 24.3 Å². The highest BCUT2D eigenvalue weighted by Crippen LogP contribution is 2.22. The molecule has 1 aliphatic heterocycles. The number of hydrogen-bond acceptors (Lipinski definition) is 2. The van der Waals surface area contributed by atoms with Crippen molar-refractivity contribution in [2.45, 2.75) is 0 Å². The van der Waals surface area contributed by atoms with E-state index in [-0.39, 0.29) is 0 Å². The van der Waals surface area contributed by atoms with Gasteiger partial charge in [0.2, 0.25) is 0 Å². The van der Waals surface area contributed by atoms with Gasteiger partial charge in [-0.15, -0.1) is 0 Å². The van der Waals surface area contributed by atoms with Crippen LogP contribution in [-0.4, -0.2) is 22.1 Å². The van der Waals surface area contributed by atoms with Gasteiger partial charge < -0.3 is 9.30 Å². The molecule has 0 saturated heterocycles. The van der Waals surface area contributed by atoms with Gasteiger partial charge in [-0.3, -0.25) is 0 Å². The van der Waals surface area contributed by atoms with Crippen LogP contribution in [-0.2, 0) is 16.8 Å². The van der Waals surface area contributed by atoms with Crippen molar-refractivity contribution in [3.8, 4) is 5.75 Å². The van der Waals surface area contributed by atoms with E-state index < -0.39 is 9.71 Å². The monoisotopic (exact) mass is 312 g/mol. The minimum Gasteiger partial charge on any atom is -0.497 e. The highest BCUT2D eigenvalue weighted by Gasteiger charge is 2.14. The van der Waals surface area contributed by atoms with Crippen LogP contribution in [0.25, 0.3) is 10.9 Å². The van der Waals surface area contributed by atoms with E-state index in [1.165, 1.54) is 0 Å². The van der Waals surface area contributed by atoms with Gasteiger partial charge in [0, 0.05) is 29.1 Å². The first-order valence-electron chi connectivity index (χ1n) is 7.01. The van der Waals surface area contributed by atoms with Gasteiger partial charge in [-0.1, -0.05) is 18.2 Å². The molecule has 0 saturated carbocycles.